The zero-order valence-corrected chi connectivity index (χ0v) is 5.05. The molecule has 0 aromatic heterocycles. The minimum absolute atomic E-state index is 0.0347. The topological polar surface area (TPSA) is 20.3 Å². The highest BCUT2D eigenvalue weighted by Gasteiger charge is 2.12. The van der Waals surface area contributed by atoms with Crippen LogP contribution in [-0.4, -0.2) is 23.9 Å². The summed E-state index contributed by atoms with van der Waals surface area (Å²) in [5, 5.41) is 0. The van der Waals surface area contributed by atoms with E-state index in [9.17, 15) is 4.79 Å². The average Bonchev–Trinajstić information content (AvgIpc) is 2.13. The molecule has 0 bridgehead atoms. The van der Waals surface area contributed by atoms with Crippen LogP contribution in [0.3, 0.4) is 0 Å². The van der Waals surface area contributed by atoms with Crippen LogP contribution < -0.4 is 0 Å². The Labute approximate surface area is 50.9 Å². The van der Waals surface area contributed by atoms with Gasteiger partial charge in [-0.25, -0.2) is 0 Å². The molecule has 46 valence electrons. The number of carbonyl (C=O) groups excluding carboxylic acids is 1. The van der Waals surface area contributed by atoms with Gasteiger partial charge in [-0.05, 0) is 12.8 Å². The summed E-state index contributed by atoms with van der Waals surface area (Å²) >= 11 is 0. The Morgan fingerprint density at radius 3 is 2.75 bits per heavy atom. The summed E-state index contributed by atoms with van der Waals surface area (Å²) in [5.41, 5.74) is 0. The molecule has 0 aromatic rings. The Morgan fingerprint density at radius 1 is 1.75 bits per heavy atom. The summed E-state index contributed by atoms with van der Waals surface area (Å²) in [4.78, 5) is 12.3. The van der Waals surface area contributed by atoms with Crippen LogP contribution in [-0.2, 0) is 4.79 Å². The van der Waals surface area contributed by atoms with E-state index in [0.29, 0.717) is 0 Å². The molecular formula is C6H11NO. The second kappa shape index (κ2) is 2.16. The average molecular weight is 114 g/mol. The van der Waals surface area contributed by atoms with Gasteiger partial charge in [-0.15, -0.1) is 0 Å². The van der Waals surface area contributed by atoms with Gasteiger partial charge >= 0.3 is 0 Å². The largest absolute Gasteiger partial charge is 0.343 e. The summed E-state index contributed by atoms with van der Waals surface area (Å²) in [6.07, 6.45) is 1.84. The smallest absolute Gasteiger partial charge is 0.219 e. The lowest BCUT2D eigenvalue weighted by atomic mass is 10.4. The molecule has 1 aliphatic rings. The van der Waals surface area contributed by atoms with Crippen LogP contribution in [0.2, 0.25) is 0 Å². The number of likely N-dealkylation sites (tertiary alicyclic amines) is 1. The van der Waals surface area contributed by atoms with Crippen LogP contribution in [0.5, 0.6) is 0 Å². The zero-order chi connectivity index (χ0) is 6.85. The Hall–Kier alpha value is -0.530. The SMILES string of the molecule is [2H]C1CCCN1C(C)=O. The predicted molar refractivity (Wildman–Crippen MR) is 31.5 cm³/mol. The van der Waals surface area contributed by atoms with Crippen LogP contribution in [0.25, 0.3) is 0 Å². The number of nitrogens with zero attached hydrogens (tertiary/aromatic N) is 1. The van der Waals surface area contributed by atoms with E-state index in [4.69, 9.17) is 1.37 Å². The van der Waals surface area contributed by atoms with Crippen molar-refractivity contribution in [2.24, 2.45) is 0 Å². The van der Waals surface area contributed by atoms with Crippen molar-refractivity contribution in [2.75, 3.05) is 13.1 Å². The molecule has 0 radical (unpaired) electrons. The Bertz CT molecular complexity index is 126. The molecule has 1 rings (SSSR count). The van der Waals surface area contributed by atoms with Crippen LogP contribution in [0.4, 0.5) is 0 Å². The molecule has 8 heavy (non-hydrogen) atoms. The molecule has 0 saturated carbocycles. The van der Waals surface area contributed by atoms with Crippen molar-refractivity contribution >= 4 is 5.91 Å². The van der Waals surface area contributed by atoms with Crippen LogP contribution >= 0.6 is 0 Å². The van der Waals surface area contributed by atoms with Crippen molar-refractivity contribution < 1.29 is 6.17 Å². The first-order valence-electron chi connectivity index (χ1n) is 3.49. The molecule has 1 atom stereocenters. The molecule has 1 amide bonds. The van der Waals surface area contributed by atoms with Gasteiger partial charge in [0.15, 0.2) is 0 Å². The standard InChI is InChI=1S/C6H11NO/c1-6(8)7-4-2-3-5-7/h2-5H2,1H3/i4D. The van der Waals surface area contributed by atoms with Gasteiger partial charge in [0, 0.05) is 21.4 Å². The summed E-state index contributed by atoms with van der Waals surface area (Å²) in [6.45, 7) is 2.04. The van der Waals surface area contributed by atoms with Gasteiger partial charge < -0.3 is 4.90 Å². The van der Waals surface area contributed by atoms with Gasteiger partial charge in [0.05, 0.1) is 0 Å². The number of rotatable bonds is 0. The molecule has 2 heteroatoms. The van der Waals surface area contributed by atoms with Crippen LogP contribution in [0.1, 0.15) is 21.1 Å². The molecule has 1 saturated heterocycles. The first-order chi connectivity index (χ1) is 4.22. The van der Waals surface area contributed by atoms with E-state index < -0.39 is 0 Å². The number of hydrogen-bond donors (Lipinski definition) is 0. The maximum atomic E-state index is 10.7. The van der Waals surface area contributed by atoms with Crippen molar-refractivity contribution in [2.45, 2.75) is 19.8 Å². The quantitative estimate of drug-likeness (QED) is 0.452. The maximum absolute atomic E-state index is 10.7. The fourth-order valence-electron chi connectivity index (χ4n) is 0.886. The Balaban J connectivity index is 2.49. The van der Waals surface area contributed by atoms with E-state index >= 15 is 0 Å². The third-order valence-corrected chi connectivity index (χ3v) is 1.36. The van der Waals surface area contributed by atoms with Crippen molar-refractivity contribution in [3.63, 3.8) is 0 Å². The monoisotopic (exact) mass is 114 g/mol. The fourth-order valence-corrected chi connectivity index (χ4v) is 0.886. The molecule has 1 unspecified atom stereocenters. The summed E-state index contributed by atoms with van der Waals surface area (Å²) < 4.78 is 7.32. The minimum Gasteiger partial charge on any atom is -0.343 e. The summed E-state index contributed by atoms with van der Waals surface area (Å²) in [6, 6.07) is 0. The summed E-state index contributed by atoms with van der Waals surface area (Å²) in [7, 11) is 0. The van der Waals surface area contributed by atoms with E-state index in [1.165, 1.54) is 6.92 Å². The molecule has 0 aliphatic carbocycles. The van der Waals surface area contributed by atoms with Gasteiger partial charge in [0.25, 0.3) is 0 Å². The van der Waals surface area contributed by atoms with Crippen LogP contribution in [0.15, 0.2) is 0 Å². The maximum Gasteiger partial charge on any atom is 0.219 e. The third-order valence-electron chi connectivity index (χ3n) is 1.36. The van der Waals surface area contributed by atoms with Crippen molar-refractivity contribution in [3.05, 3.63) is 0 Å². The van der Waals surface area contributed by atoms with Gasteiger partial charge in [-0.1, -0.05) is 0 Å². The number of amides is 1. The second-order valence-electron chi connectivity index (χ2n) is 2.04. The molecule has 1 aliphatic heterocycles. The lowest BCUT2D eigenvalue weighted by Crippen LogP contribution is -2.24. The number of carbonyl (C=O) groups is 1. The highest BCUT2D eigenvalue weighted by atomic mass is 16.2. The van der Waals surface area contributed by atoms with Crippen molar-refractivity contribution in [1.29, 1.82) is 0 Å². The first kappa shape index (κ1) is 4.36. The van der Waals surface area contributed by atoms with Gasteiger partial charge in [-0.2, -0.15) is 0 Å². The number of hydrogen-bond acceptors (Lipinski definition) is 1. The van der Waals surface area contributed by atoms with Gasteiger partial charge in [-0.3, -0.25) is 4.79 Å². The molecule has 1 fully saturated rings. The normalized spacial score (nSPS) is 30.4. The third kappa shape index (κ3) is 0.997. The second-order valence-corrected chi connectivity index (χ2v) is 2.04. The first-order valence-corrected chi connectivity index (χ1v) is 2.91. The van der Waals surface area contributed by atoms with Crippen LogP contribution in [0, 0.1) is 0 Å². The molecule has 0 aromatic carbocycles. The highest BCUT2D eigenvalue weighted by Crippen LogP contribution is 2.05. The van der Waals surface area contributed by atoms with E-state index in [1.807, 2.05) is 0 Å². The van der Waals surface area contributed by atoms with Crippen molar-refractivity contribution in [3.8, 4) is 0 Å². The minimum atomic E-state index is -0.262. The molecule has 0 N–H and O–H groups in total. The lowest BCUT2D eigenvalue weighted by Gasteiger charge is -2.10. The Morgan fingerprint density at radius 2 is 2.50 bits per heavy atom. The van der Waals surface area contributed by atoms with Gasteiger partial charge in [0.1, 0.15) is 0 Å². The highest BCUT2D eigenvalue weighted by molar-refractivity contribution is 5.73. The predicted octanol–water partition coefficient (Wildman–Crippen LogP) is 0.629. The lowest BCUT2D eigenvalue weighted by molar-refractivity contribution is -0.127. The van der Waals surface area contributed by atoms with E-state index in [1.54, 1.807) is 4.90 Å². The van der Waals surface area contributed by atoms with E-state index in [-0.39, 0.29) is 12.4 Å². The summed E-state index contributed by atoms with van der Waals surface area (Å²) in [5.74, 6) is 0.0347. The van der Waals surface area contributed by atoms with Crippen molar-refractivity contribution in [1.82, 2.24) is 4.90 Å². The molecule has 0 spiro atoms. The zero-order valence-electron chi connectivity index (χ0n) is 6.05. The fraction of sp³-hybridized carbons (Fsp3) is 0.833. The molecule has 1 heterocycles. The van der Waals surface area contributed by atoms with E-state index in [2.05, 4.69) is 0 Å². The Kier molecular flexibility index (Phi) is 1.18. The van der Waals surface area contributed by atoms with Gasteiger partial charge in [0.2, 0.25) is 5.91 Å². The molecule has 2 nitrogen and oxygen atoms in total. The van der Waals surface area contributed by atoms with E-state index in [0.717, 1.165) is 19.4 Å². The molecular weight excluding hydrogens is 102 g/mol.